The van der Waals surface area contributed by atoms with E-state index >= 15 is 0 Å². The number of carbonyl (C=O) groups excluding carboxylic acids is 1. The van der Waals surface area contributed by atoms with Crippen LogP contribution in [0, 0.1) is 0 Å². The number of alkyl halides is 3. The molecule has 0 fully saturated rings. The van der Waals surface area contributed by atoms with Crippen molar-refractivity contribution in [2.75, 3.05) is 6.54 Å². The molecule has 0 aliphatic rings. The molecular formula is C10H10F3N3O3. The molecule has 1 aromatic rings. The largest absolute Gasteiger partial charge is 0.478 e. The van der Waals surface area contributed by atoms with E-state index in [9.17, 15) is 22.8 Å². The predicted molar refractivity (Wildman–Crippen MR) is 57.5 cm³/mol. The predicted octanol–water partition coefficient (Wildman–Crippen LogP) is 1.14. The maximum Gasteiger partial charge on any atom is 0.405 e. The molecule has 2 amide bonds. The summed E-state index contributed by atoms with van der Waals surface area (Å²) in [6, 6.07) is 1.46. The van der Waals surface area contributed by atoms with Crippen LogP contribution >= 0.6 is 0 Å². The number of hydrogen-bond donors (Lipinski definition) is 3. The summed E-state index contributed by atoms with van der Waals surface area (Å²) in [5, 5.41) is 12.5. The quantitative estimate of drug-likeness (QED) is 0.769. The van der Waals surface area contributed by atoms with Gasteiger partial charge in [0, 0.05) is 6.20 Å². The number of halogens is 3. The zero-order chi connectivity index (χ0) is 14.5. The fourth-order valence-electron chi connectivity index (χ4n) is 1.12. The normalized spacial score (nSPS) is 10.9. The van der Waals surface area contributed by atoms with E-state index in [1.54, 1.807) is 5.32 Å². The summed E-state index contributed by atoms with van der Waals surface area (Å²) in [5.41, 5.74) is 0.199. The first-order valence-corrected chi connectivity index (χ1v) is 5.04. The highest BCUT2D eigenvalue weighted by atomic mass is 19.4. The second-order valence-corrected chi connectivity index (χ2v) is 3.49. The molecule has 0 spiro atoms. The Kier molecular flexibility index (Phi) is 4.67. The fraction of sp³-hybridized carbons (Fsp3) is 0.300. The Bertz CT molecular complexity index is 477. The number of nitrogens with zero attached hydrogens (tertiary/aromatic N) is 1. The Morgan fingerprint density at radius 3 is 2.58 bits per heavy atom. The Morgan fingerprint density at radius 1 is 1.32 bits per heavy atom. The van der Waals surface area contributed by atoms with Crippen molar-refractivity contribution in [3.05, 3.63) is 29.6 Å². The SMILES string of the molecule is O=C(NCc1cc(C(=O)O)ccn1)NCC(F)(F)F. The zero-order valence-corrected chi connectivity index (χ0v) is 9.49. The Morgan fingerprint density at radius 2 is 2.00 bits per heavy atom. The number of aromatic carboxylic acids is 1. The van der Waals surface area contributed by atoms with Crippen LogP contribution in [0.2, 0.25) is 0 Å². The van der Waals surface area contributed by atoms with Gasteiger partial charge in [-0.3, -0.25) is 4.98 Å². The van der Waals surface area contributed by atoms with Crippen molar-refractivity contribution in [2.24, 2.45) is 0 Å². The molecule has 0 aromatic carbocycles. The van der Waals surface area contributed by atoms with Crippen molar-refractivity contribution < 1.29 is 27.9 Å². The summed E-state index contributed by atoms with van der Waals surface area (Å²) in [6.45, 7) is -1.62. The van der Waals surface area contributed by atoms with Gasteiger partial charge in [0.15, 0.2) is 0 Å². The molecule has 1 heterocycles. The van der Waals surface area contributed by atoms with E-state index in [0.29, 0.717) is 0 Å². The van der Waals surface area contributed by atoms with Crippen molar-refractivity contribution >= 4 is 12.0 Å². The molecule has 0 saturated carbocycles. The van der Waals surface area contributed by atoms with Gasteiger partial charge in [-0.1, -0.05) is 0 Å². The first-order valence-electron chi connectivity index (χ1n) is 5.04. The molecule has 104 valence electrons. The van der Waals surface area contributed by atoms with Gasteiger partial charge in [-0.25, -0.2) is 9.59 Å². The molecule has 0 aliphatic carbocycles. The third kappa shape index (κ3) is 5.70. The van der Waals surface area contributed by atoms with Crippen molar-refractivity contribution in [1.29, 1.82) is 0 Å². The molecular weight excluding hydrogens is 267 g/mol. The lowest BCUT2D eigenvalue weighted by atomic mass is 10.2. The molecule has 0 bridgehead atoms. The number of amides is 2. The van der Waals surface area contributed by atoms with Crippen molar-refractivity contribution in [1.82, 2.24) is 15.6 Å². The number of aromatic nitrogens is 1. The zero-order valence-electron chi connectivity index (χ0n) is 9.49. The van der Waals surface area contributed by atoms with E-state index in [1.807, 2.05) is 0 Å². The molecule has 9 heteroatoms. The van der Waals surface area contributed by atoms with Gasteiger partial charge in [-0.15, -0.1) is 0 Å². The van der Waals surface area contributed by atoms with Crippen LogP contribution in [-0.4, -0.2) is 34.8 Å². The van der Waals surface area contributed by atoms with Gasteiger partial charge in [-0.05, 0) is 12.1 Å². The summed E-state index contributed by atoms with van der Waals surface area (Å²) < 4.78 is 35.4. The second-order valence-electron chi connectivity index (χ2n) is 3.49. The van der Waals surface area contributed by atoms with E-state index < -0.39 is 24.7 Å². The van der Waals surface area contributed by atoms with E-state index in [-0.39, 0.29) is 17.8 Å². The van der Waals surface area contributed by atoms with Crippen LogP contribution in [-0.2, 0) is 6.54 Å². The lowest BCUT2D eigenvalue weighted by molar-refractivity contribution is -0.122. The van der Waals surface area contributed by atoms with Crippen LogP contribution in [0.15, 0.2) is 18.3 Å². The van der Waals surface area contributed by atoms with E-state index in [4.69, 9.17) is 5.11 Å². The smallest absolute Gasteiger partial charge is 0.405 e. The van der Waals surface area contributed by atoms with Crippen LogP contribution < -0.4 is 10.6 Å². The summed E-state index contributed by atoms with van der Waals surface area (Å²) in [4.78, 5) is 25.4. The van der Waals surface area contributed by atoms with Gasteiger partial charge in [0.05, 0.1) is 17.8 Å². The van der Waals surface area contributed by atoms with Gasteiger partial charge < -0.3 is 15.7 Å². The minimum atomic E-state index is -4.49. The van der Waals surface area contributed by atoms with Crippen LogP contribution in [0.25, 0.3) is 0 Å². The van der Waals surface area contributed by atoms with Crippen LogP contribution in [0.1, 0.15) is 16.1 Å². The summed E-state index contributed by atoms with van der Waals surface area (Å²) in [5.74, 6) is -1.16. The first kappa shape index (κ1) is 14.7. The number of hydrogen-bond acceptors (Lipinski definition) is 3. The average Bonchev–Trinajstić information content (AvgIpc) is 2.33. The summed E-state index contributed by atoms with van der Waals surface area (Å²) >= 11 is 0. The standard InChI is InChI=1S/C10H10F3N3O3/c11-10(12,13)5-16-9(19)15-4-7-3-6(8(17)18)1-2-14-7/h1-3H,4-5H2,(H,17,18)(H2,15,16,19). The highest BCUT2D eigenvalue weighted by Crippen LogP contribution is 2.11. The monoisotopic (exact) mass is 277 g/mol. The summed E-state index contributed by atoms with van der Waals surface area (Å²) in [7, 11) is 0. The van der Waals surface area contributed by atoms with Gasteiger partial charge in [-0.2, -0.15) is 13.2 Å². The van der Waals surface area contributed by atoms with Crippen LogP contribution in [0.3, 0.4) is 0 Å². The molecule has 0 aliphatic heterocycles. The number of rotatable bonds is 4. The minimum absolute atomic E-state index is 0.0255. The average molecular weight is 277 g/mol. The molecule has 0 unspecified atom stereocenters. The molecule has 1 rings (SSSR count). The molecule has 0 saturated heterocycles. The lowest BCUT2D eigenvalue weighted by Crippen LogP contribution is -2.40. The van der Waals surface area contributed by atoms with Gasteiger partial charge in [0.2, 0.25) is 0 Å². The van der Waals surface area contributed by atoms with Crippen molar-refractivity contribution in [3.63, 3.8) is 0 Å². The fourth-order valence-corrected chi connectivity index (χ4v) is 1.12. The molecule has 6 nitrogen and oxygen atoms in total. The van der Waals surface area contributed by atoms with Crippen molar-refractivity contribution in [2.45, 2.75) is 12.7 Å². The maximum absolute atomic E-state index is 11.8. The number of carbonyl (C=O) groups is 2. The Hall–Kier alpha value is -2.32. The number of nitrogens with one attached hydrogen (secondary N) is 2. The molecule has 0 radical (unpaired) electrons. The van der Waals surface area contributed by atoms with Crippen LogP contribution in [0.4, 0.5) is 18.0 Å². The second kappa shape index (κ2) is 6.03. The minimum Gasteiger partial charge on any atom is -0.478 e. The number of carboxylic acid groups (broad SMARTS) is 1. The Balaban J connectivity index is 2.46. The molecule has 1 aromatic heterocycles. The number of carboxylic acids is 1. The third-order valence-corrected chi connectivity index (χ3v) is 1.94. The van der Waals surface area contributed by atoms with Crippen LogP contribution in [0.5, 0.6) is 0 Å². The number of pyridine rings is 1. The molecule has 3 N–H and O–H groups in total. The highest BCUT2D eigenvalue weighted by Gasteiger charge is 2.27. The molecule has 0 atom stereocenters. The third-order valence-electron chi connectivity index (χ3n) is 1.94. The maximum atomic E-state index is 11.8. The topological polar surface area (TPSA) is 91.3 Å². The van der Waals surface area contributed by atoms with Crippen molar-refractivity contribution in [3.8, 4) is 0 Å². The summed E-state index contributed by atoms with van der Waals surface area (Å²) in [6.07, 6.45) is -3.26. The number of urea groups is 1. The first-order chi connectivity index (χ1) is 8.78. The lowest BCUT2D eigenvalue weighted by Gasteiger charge is -2.09. The van der Waals surface area contributed by atoms with E-state index in [0.717, 1.165) is 0 Å². The van der Waals surface area contributed by atoms with E-state index in [2.05, 4.69) is 10.3 Å². The van der Waals surface area contributed by atoms with Gasteiger partial charge >= 0.3 is 18.2 Å². The van der Waals surface area contributed by atoms with E-state index in [1.165, 1.54) is 18.3 Å². The van der Waals surface area contributed by atoms with Gasteiger partial charge in [0.1, 0.15) is 6.54 Å². The highest BCUT2D eigenvalue weighted by molar-refractivity contribution is 5.87. The Labute approximate surface area is 105 Å². The van der Waals surface area contributed by atoms with Gasteiger partial charge in [0.25, 0.3) is 0 Å². The molecule has 19 heavy (non-hydrogen) atoms.